The maximum Gasteiger partial charge on any atom is 0.283 e. The first-order valence-electron chi connectivity index (χ1n) is 6.64. The monoisotopic (exact) mass is 352 g/mol. The molecule has 0 radical (unpaired) electrons. The van der Waals surface area contributed by atoms with Gasteiger partial charge in [0, 0.05) is 30.4 Å². The van der Waals surface area contributed by atoms with Crippen LogP contribution in [-0.2, 0) is 13.1 Å². The smallest absolute Gasteiger partial charge is 0.283 e. The summed E-state index contributed by atoms with van der Waals surface area (Å²) in [5, 5.41) is 18.5. The van der Waals surface area contributed by atoms with E-state index >= 15 is 0 Å². The van der Waals surface area contributed by atoms with Gasteiger partial charge in [0.2, 0.25) is 0 Å². The molecule has 1 N–H and O–H groups in total. The van der Waals surface area contributed by atoms with E-state index in [0.717, 1.165) is 17.7 Å². The zero-order valence-corrected chi connectivity index (χ0v) is 13.5. The molecule has 0 aliphatic rings. The zero-order chi connectivity index (χ0) is 15.4. The van der Waals surface area contributed by atoms with Crippen LogP contribution in [0.1, 0.15) is 25.0 Å². The third kappa shape index (κ3) is 4.12. The lowest BCUT2D eigenvalue weighted by atomic mass is 10.2. The molecule has 0 unspecified atom stereocenters. The number of benzene rings is 1. The quantitative estimate of drug-likeness (QED) is 0.640. The Morgan fingerprint density at radius 3 is 2.90 bits per heavy atom. The highest BCUT2D eigenvalue weighted by atomic mass is 79.9. The van der Waals surface area contributed by atoms with Crippen molar-refractivity contribution >= 4 is 21.6 Å². The van der Waals surface area contributed by atoms with Crippen molar-refractivity contribution < 1.29 is 4.92 Å². The highest BCUT2D eigenvalue weighted by molar-refractivity contribution is 9.10. The summed E-state index contributed by atoms with van der Waals surface area (Å²) in [6, 6.07) is 5.43. The van der Waals surface area contributed by atoms with Crippen molar-refractivity contribution in [3.05, 3.63) is 56.3 Å². The average Bonchev–Trinajstić information content (AvgIpc) is 2.86. The molecule has 0 aliphatic heterocycles. The Bertz CT molecular complexity index is 640. The molecule has 0 bridgehead atoms. The van der Waals surface area contributed by atoms with Gasteiger partial charge in [0.15, 0.2) is 0 Å². The molecule has 0 saturated carbocycles. The van der Waals surface area contributed by atoms with E-state index in [2.05, 4.69) is 40.2 Å². The van der Waals surface area contributed by atoms with Crippen LogP contribution >= 0.6 is 15.9 Å². The van der Waals surface area contributed by atoms with Gasteiger partial charge in [-0.2, -0.15) is 5.10 Å². The van der Waals surface area contributed by atoms with E-state index in [-0.39, 0.29) is 5.69 Å². The Morgan fingerprint density at radius 1 is 1.48 bits per heavy atom. The van der Waals surface area contributed by atoms with E-state index in [4.69, 9.17) is 0 Å². The SMILES string of the molecule is CC(C)NCc1cnn(Cc2cccc([N+](=O)[O-])c2Br)c1. The minimum absolute atomic E-state index is 0.0707. The van der Waals surface area contributed by atoms with Crippen LogP contribution in [0.3, 0.4) is 0 Å². The van der Waals surface area contributed by atoms with Crippen molar-refractivity contribution in [1.82, 2.24) is 15.1 Å². The van der Waals surface area contributed by atoms with Gasteiger partial charge in [0.05, 0.1) is 17.7 Å². The van der Waals surface area contributed by atoms with E-state index in [1.165, 1.54) is 6.07 Å². The van der Waals surface area contributed by atoms with Crippen molar-refractivity contribution in [1.29, 1.82) is 0 Å². The zero-order valence-electron chi connectivity index (χ0n) is 11.9. The van der Waals surface area contributed by atoms with E-state index < -0.39 is 4.92 Å². The molecule has 1 aromatic heterocycles. The van der Waals surface area contributed by atoms with E-state index in [0.29, 0.717) is 17.1 Å². The van der Waals surface area contributed by atoms with Crippen LogP contribution in [0.15, 0.2) is 35.1 Å². The molecule has 0 amide bonds. The summed E-state index contributed by atoms with van der Waals surface area (Å²) in [6.45, 7) is 5.42. The minimum atomic E-state index is -0.394. The molecule has 0 aliphatic carbocycles. The number of aromatic nitrogens is 2. The standard InChI is InChI=1S/C14H17BrN4O2/c1-10(2)16-6-11-7-17-18(8-11)9-12-4-3-5-13(14(12)15)19(20)21/h3-5,7-8,10,16H,6,9H2,1-2H3. The molecule has 2 rings (SSSR count). The summed E-state index contributed by atoms with van der Waals surface area (Å²) in [6.07, 6.45) is 3.75. The molecule has 6 nitrogen and oxygen atoms in total. The largest absolute Gasteiger partial charge is 0.310 e. The van der Waals surface area contributed by atoms with Gasteiger partial charge in [-0.05, 0) is 21.5 Å². The molecular formula is C14H17BrN4O2. The molecular weight excluding hydrogens is 336 g/mol. The summed E-state index contributed by atoms with van der Waals surface area (Å²) < 4.78 is 2.29. The van der Waals surface area contributed by atoms with E-state index in [1.54, 1.807) is 16.9 Å². The summed E-state index contributed by atoms with van der Waals surface area (Å²) >= 11 is 3.30. The summed E-state index contributed by atoms with van der Waals surface area (Å²) in [4.78, 5) is 10.5. The number of nitrogens with zero attached hydrogens (tertiary/aromatic N) is 3. The normalized spacial score (nSPS) is 11.0. The second kappa shape index (κ2) is 6.82. The van der Waals surface area contributed by atoms with Gasteiger partial charge in [0.1, 0.15) is 4.47 Å². The first-order valence-corrected chi connectivity index (χ1v) is 7.43. The van der Waals surface area contributed by atoms with Crippen molar-refractivity contribution in [3.63, 3.8) is 0 Å². The maximum absolute atomic E-state index is 10.9. The number of rotatable bonds is 6. The van der Waals surface area contributed by atoms with Gasteiger partial charge in [-0.1, -0.05) is 26.0 Å². The summed E-state index contributed by atoms with van der Waals surface area (Å²) in [5.74, 6) is 0. The number of hydrogen-bond donors (Lipinski definition) is 1. The predicted octanol–water partition coefficient (Wildman–Crippen LogP) is 3.10. The Balaban J connectivity index is 2.12. The van der Waals surface area contributed by atoms with Gasteiger partial charge in [-0.15, -0.1) is 0 Å². The first-order chi connectivity index (χ1) is 9.97. The number of hydrogen-bond acceptors (Lipinski definition) is 4. The van der Waals surface area contributed by atoms with Gasteiger partial charge in [-0.25, -0.2) is 0 Å². The number of nitro benzene ring substituents is 1. The van der Waals surface area contributed by atoms with Crippen LogP contribution in [-0.4, -0.2) is 20.7 Å². The highest BCUT2D eigenvalue weighted by Crippen LogP contribution is 2.28. The lowest BCUT2D eigenvalue weighted by Crippen LogP contribution is -2.21. The van der Waals surface area contributed by atoms with Gasteiger partial charge in [0.25, 0.3) is 5.69 Å². The van der Waals surface area contributed by atoms with Crippen molar-refractivity contribution in [2.24, 2.45) is 0 Å². The molecule has 2 aromatic rings. The van der Waals surface area contributed by atoms with E-state index in [9.17, 15) is 10.1 Å². The molecule has 0 saturated heterocycles. The molecule has 21 heavy (non-hydrogen) atoms. The van der Waals surface area contributed by atoms with Gasteiger partial charge >= 0.3 is 0 Å². The van der Waals surface area contributed by atoms with Crippen molar-refractivity contribution in [2.75, 3.05) is 0 Å². The lowest BCUT2D eigenvalue weighted by molar-refractivity contribution is -0.385. The number of nitrogens with one attached hydrogen (secondary N) is 1. The molecule has 0 spiro atoms. The average molecular weight is 353 g/mol. The fraction of sp³-hybridized carbons (Fsp3) is 0.357. The second-order valence-electron chi connectivity index (χ2n) is 5.09. The summed E-state index contributed by atoms with van der Waals surface area (Å²) in [5.41, 5.74) is 1.99. The van der Waals surface area contributed by atoms with Crippen LogP contribution in [0, 0.1) is 10.1 Å². The topological polar surface area (TPSA) is 73.0 Å². The summed E-state index contributed by atoms with van der Waals surface area (Å²) in [7, 11) is 0. The molecule has 1 heterocycles. The van der Waals surface area contributed by atoms with Crippen LogP contribution < -0.4 is 5.32 Å². The minimum Gasteiger partial charge on any atom is -0.310 e. The fourth-order valence-electron chi connectivity index (χ4n) is 1.91. The van der Waals surface area contributed by atoms with Crippen LogP contribution in [0.25, 0.3) is 0 Å². The Labute approximate surface area is 131 Å². The Morgan fingerprint density at radius 2 is 2.24 bits per heavy atom. The molecule has 7 heteroatoms. The third-order valence-electron chi connectivity index (χ3n) is 2.99. The molecule has 112 valence electrons. The number of halogens is 1. The second-order valence-corrected chi connectivity index (χ2v) is 5.88. The van der Waals surface area contributed by atoms with Crippen LogP contribution in [0.4, 0.5) is 5.69 Å². The van der Waals surface area contributed by atoms with Gasteiger partial charge in [-0.3, -0.25) is 14.8 Å². The Hall–Kier alpha value is -1.73. The first kappa shape index (κ1) is 15.7. The lowest BCUT2D eigenvalue weighted by Gasteiger charge is -2.06. The third-order valence-corrected chi connectivity index (χ3v) is 3.90. The molecule has 0 fully saturated rings. The maximum atomic E-state index is 10.9. The van der Waals surface area contributed by atoms with Crippen molar-refractivity contribution in [3.8, 4) is 0 Å². The molecule has 0 atom stereocenters. The van der Waals surface area contributed by atoms with Gasteiger partial charge < -0.3 is 5.32 Å². The fourth-order valence-corrected chi connectivity index (χ4v) is 2.44. The Kier molecular flexibility index (Phi) is 5.08. The van der Waals surface area contributed by atoms with E-state index in [1.807, 2.05) is 12.3 Å². The van der Waals surface area contributed by atoms with Crippen LogP contribution in [0.5, 0.6) is 0 Å². The predicted molar refractivity (Wildman–Crippen MR) is 84.1 cm³/mol. The molecule has 1 aromatic carbocycles. The van der Waals surface area contributed by atoms with Crippen LogP contribution in [0.2, 0.25) is 0 Å². The highest BCUT2D eigenvalue weighted by Gasteiger charge is 2.15. The number of nitro groups is 1. The van der Waals surface area contributed by atoms with Crippen molar-refractivity contribution in [2.45, 2.75) is 33.0 Å².